The first-order valence-corrected chi connectivity index (χ1v) is 7.73. The number of likely N-dealkylation sites (N-methyl/N-ethyl adjacent to an activating group) is 1. The zero-order chi connectivity index (χ0) is 15.9. The average molecular weight is 306 g/mol. The highest BCUT2D eigenvalue weighted by Crippen LogP contribution is 2.32. The molecule has 2 aliphatic heterocycles. The summed E-state index contributed by atoms with van der Waals surface area (Å²) in [5.41, 5.74) is 1.82. The van der Waals surface area contributed by atoms with E-state index in [-0.39, 0.29) is 12.0 Å². The van der Waals surface area contributed by atoms with Crippen LogP contribution in [0.3, 0.4) is 0 Å². The maximum atomic E-state index is 12.7. The Kier molecular flexibility index (Phi) is 3.58. The van der Waals surface area contributed by atoms with E-state index in [1.165, 1.54) is 0 Å². The number of carbonyl (C=O) groups is 2. The molecular weight excluding hydrogens is 284 g/mol. The summed E-state index contributed by atoms with van der Waals surface area (Å²) in [7, 11) is 1.73. The number of aromatic nitrogens is 2. The van der Waals surface area contributed by atoms with Crippen LogP contribution in [0.5, 0.6) is 0 Å². The van der Waals surface area contributed by atoms with Crippen LogP contribution in [0.25, 0.3) is 0 Å². The van der Waals surface area contributed by atoms with Gasteiger partial charge in [0.2, 0.25) is 0 Å². The van der Waals surface area contributed by atoms with Crippen molar-refractivity contribution in [2.24, 2.45) is 0 Å². The lowest BCUT2D eigenvalue weighted by Crippen LogP contribution is -2.52. The molecule has 7 heteroatoms. The van der Waals surface area contributed by atoms with E-state index >= 15 is 0 Å². The number of hydrogen-bond acceptors (Lipinski definition) is 4. The van der Waals surface area contributed by atoms with Crippen molar-refractivity contribution < 1.29 is 14.3 Å². The molecule has 7 nitrogen and oxygen atoms in total. The van der Waals surface area contributed by atoms with Crippen molar-refractivity contribution >= 4 is 12.0 Å². The van der Waals surface area contributed by atoms with Crippen LogP contribution in [-0.2, 0) is 11.2 Å². The molecule has 0 bridgehead atoms. The summed E-state index contributed by atoms with van der Waals surface area (Å²) in [5.74, 6) is -0.0851. The van der Waals surface area contributed by atoms with Gasteiger partial charge in [-0.05, 0) is 26.2 Å². The monoisotopic (exact) mass is 306 g/mol. The second kappa shape index (κ2) is 5.30. The van der Waals surface area contributed by atoms with Crippen molar-refractivity contribution in [3.8, 4) is 0 Å². The summed E-state index contributed by atoms with van der Waals surface area (Å²) in [6.07, 6.45) is 2.14. The van der Waals surface area contributed by atoms with Crippen molar-refractivity contribution in [2.45, 2.75) is 38.7 Å². The van der Waals surface area contributed by atoms with Crippen LogP contribution in [0.4, 0.5) is 4.79 Å². The van der Waals surface area contributed by atoms with Gasteiger partial charge in [0.1, 0.15) is 5.60 Å². The first-order valence-electron chi connectivity index (χ1n) is 7.73. The molecule has 0 aliphatic carbocycles. The highest BCUT2D eigenvalue weighted by Gasteiger charge is 2.47. The van der Waals surface area contributed by atoms with Crippen molar-refractivity contribution in [2.75, 3.05) is 26.7 Å². The number of amides is 2. The number of hydrogen-bond donors (Lipinski definition) is 1. The molecule has 0 radical (unpaired) electrons. The summed E-state index contributed by atoms with van der Waals surface area (Å²) in [6.45, 7) is 5.60. The standard InChI is InChI=1S/C15H22N4O3/c1-4-11-10(2)12(17-16-11)13(20)19-7-5-6-15(9-19)8-18(3)14(21)22-15/h4-9H2,1-3H3,(H,16,17)/t15-/m0/s1. The van der Waals surface area contributed by atoms with E-state index in [4.69, 9.17) is 4.74 Å². The fourth-order valence-corrected chi connectivity index (χ4v) is 3.41. The van der Waals surface area contributed by atoms with Crippen LogP contribution in [0.15, 0.2) is 0 Å². The Bertz CT molecular complexity index is 612. The van der Waals surface area contributed by atoms with Gasteiger partial charge in [0.15, 0.2) is 5.69 Å². The average Bonchev–Trinajstić information content (AvgIpc) is 2.98. The Hall–Kier alpha value is -2.05. The molecule has 0 unspecified atom stereocenters. The summed E-state index contributed by atoms with van der Waals surface area (Å²) < 4.78 is 5.54. The van der Waals surface area contributed by atoms with Gasteiger partial charge in [-0.25, -0.2) is 4.79 Å². The van der Waals surface area contributed by atoms with Crippen molar-refractivity contribution in [1.82, 2.24) is 20.0 Å². The highest BCUT2D eigenvalue weighted by atomic mass is 16.6. The van der Waals surface area contributed by atoms with E-state index in [1.54, 1.807) is 16.8 Å². The molecule has 0 saturated carbocycles. The van der Waals surface area contributed by atoms with Gasteiger partial charge in [0.25, 0.3) is 5.91 Å². The molecule has 2 aliphatic rings. The van der Waals surface area contributed by atoms with Gasteiger partial charge in [-0.1, -0.05) is 6.92 Å². The topological polar surface area (TPSA) is 78.5 Å². The van der Waals surface area contributed by atoms with Crippen LogP contribution in [0, 0.1) is 6.92 Å². The minimum Gasteiger partial charge on any atom is -0.439 e. The fourth-order valence-electron chi connectivity index (χ4n) is 3.41. The molecule has 3 heterocycles. The predicted molar refractivity (Wildman–Crippen MR) is 79.7 cm³/mol. The molecule has 22 heavy (non-hydrogen) atoms. The number of aryl methyl sites for hydroxylation is 1. The van der Waals surface area contributed by atoms with Gasteiger partial charge in [-0.2, -0.15) is 5.10 Å². The van der Waals surface area contributed by atoms with Crippen LogP contribution in [-0.4, -0.2) is 64.3 Å². The predicted octanol–water partition coefficient (Wildman–Crippen LogP) is 1.34. The number of nitrogens with one attached hydrogen (secondary N) is 1. The molecule has 1 atom stereocenters. The second-order valence-corrected chi connectivity index (χ2v) is 6.27. The Morgan fingerprint density at radius 1 is 1.45 bits per heavy atom. The SMILES string of the molecule is CCc1[nH]nc(C(=O)N2CCC[C@]3(CN(C)C(=O)O3)C2)c1C. The summed E-state index contributed by atoms with van der Waals surface area (Å²) in [4.78, 5) is 27.8. The number of ether oxygens (including phenoxy) is 1. The summed E-state index contributed by atoms with van der Waals surface area (Å²) in [5, 5.41) is 7.10. The molecule has 2 saturated heterocycles. The van der Waals surface area contributed by atoms with Crippen LogP contribution in [0.1, 0.15) is 41.5 Å². The first-order chi connectivity index (χ1) is 10.5. The molecule has 2 amide bonds. The van der Waals surface area contributed by atoms with Crippen molar-refractivity contribution in [3.63, 3.8) is 0 Å². The summed E-state index contributed by atoms with van der Waals surface area (Å²) in [6, 6.07) is 0. The fraction of sp³-hybridized carbons (Fsp3) is 0.667. The lowest BCUT2D eigenvalue weighted by Gasteiger charge is -2.38. The van der Waals surface area contributed by atoms with Gasteiger partial charge >= 0.3 is 6.09 Å². The van der Waals surface area contributed by atoms with Gasteiger partial charge < -0.3 is 14.5 Å². The number of rotatable bonds is 2. The van der Waals surface area contributed by atoms with Crippen LogP contribution < -0.4 is 0 Å². The lowest BCUT2D eigenvalue weighted by atomic mass is 9.92. The van der Waals surface area contributed by atoms with Crippen molar-refractivity contribution in [1.29, 1.82) is 0 Å². The zero-order valence-corrected chi connectivity index (χ0v) is 13.3. The third-order valence-corrected chi connectivity index (χ3v) is 4.63. The lowest BCUT2D eigenvalue weighted by molar-refractivity contribution is -0.00544. The van der Waals surface area contributed by atoms with E-state index in [2.05, 4.69) is 10.2 Å². The smallest absolute Gasteiger partial charge is 0.410 e. The molecule has 2 fully saturated rings. The van der Waals surface area contributed by atoms with Crippen LogP contribution in [0.2, 0.25) is 0 Å². The molecule has 0 aromatic carbocycles. The molecule has 1 aromatic heterocycles. The van der Waals surface area contributed by atoms with Gasteiger partial charge in [0.05, 0.1) is 13.1 Å². The van der Waals surface area contributed by atoms with Gasteiger partial charge in [-0.3, -0.25) is 9.89 Å². The molecule has 1 spiro atoms. The Labute approximate surface area is 129 Å². The van der Waals surface area contributed by atoms with E-state index < -0.39 is 5.60 Å². The number of aromatic amines is 1. The zero-order valence-electron chi connectivity index (χ0n) is 13.3. The maximum absolute atomic E-state index is 12.7. The number of likely N-dealkylation sites (tertiary alicyclic amines) is 1. The van der Waals surface area contributed by atoms with Crippen molar-refractivity contribution in [3.05, 3.63) is 17.0 Å². The van der Waals surface area contributed by atoms with E-state index in [1.807, 2.05) is 13.8 Å². The first kappa shape index (κ1) is 14.9. The Morgan fingerprint density at radius 3 is 2.82 bits per heavy atom. The van der Waals surface area contributed by atoms with Gasteiger partial charge in [0, 0.05) is 24.8 Å². The Balaban J connectivity index is 1.78. The summed E-state index contributed by atoms with van der Waals surface area (Å²) >= 11 is 0. The number of carbonyl (C=O) groups excluding carboxylic acids is 2. The minimum absolute atomic E-state index is 0.0851. The number of piperidine rings is 1. The normalized spacial score (nSPS) is 25.0. The Morgan fingerprint density at radius 2 is 2.23 bits per heavy atom. The molecule has 1 aromatic rings. The maximum Gasteiger partial charge on any atom is 0.410 e. The third kappa shape index (κ3) is 2.34. The third-order valence-electron chi connectivity index (χ3n) is 4.63. The number of H-pyrrole nitrogens is 1. The quantitative estimate of drug-likeness (QED) is 0.894. The van der Waals surface area contributed by atoms with Crippen LogP contribution >= 0.6 is 0 Å². The molecular formula is C15H22N4O3. The number of nitrogens with zero attached hydrogens (tertiary/aromatic N) is 3. The minimum atomic E-state index is -0.558. The highest BCUT2D eigenvalue weighted by molar-refractivity contribution is 5.94. The molecule has 120 valence electrons. The second-order valence-electron chi connectivity index (χ2n) is 6.27. The van der Waals surface area contributed by atoms with Gasteiger partial charge in [-0.15, -0.1) is 0 Å². The van der Waals surface area contributed by atoms with E-state index in [9.17, 15) is 9.59 Å². The molecule has 1 N–H and O–H groups in total. The molecule has 3 rings (SSSR count). The largest absolute Gasteiger partial charge is 0.439 e. The van der Waals surface area contributed by atoms with E-state index in [0.29, 0.717) is 25.3 Å². The van der Waals surface area contributed by atoms with E-state index in [0.717, 1.165) is 30.5 Å².